The SMILES string of the molecule is CSc1nc2ccc(NC(=O)C3CSC(Cc4ccccc4F)C(=O)N3)cc2s1. The number of thioether (sulfide) groups is 2. The summed E-state index contributed by atoms with van der Waals surface area (Å²) in [7, 11) is 0. The lowest BCUT2D eigenvalue weighted by atomic mass is 10.1. The van der Waals surface area contributed by atoms with Crippen molar-refractivity contribution in [3.05, 3.63) is 53.8 Å². The summed E-state index contributed by atoms with van der Waals surface area (Å²) >= 11 is 4.54. The van der Waals surface area contributed by atoms with Crippen LogP contribution < -0.4 is 10.6 Å². The lowest BCUT2D eigenvalue weighted by molar-refractivity contribution is -0.126. The van der Waals surface area contributed by atoms with E-state index in [0.29, 0.717) is 23.4 Å². The third-order valence-corrected chi connectivity index (χ3v) is 7.88. The summed E-state index contributed by atoms with van der Waals surface area (Å²) < 4.78 is 15.8. The number of thiazole rings is 1. The molecule has 1 saturated heterocycles. The fourth-order valence-electron chi connectivity index (χ4n) is 3.05. The number of fused-ring (bicyclic) bond motifs is 1. The second kappa shape index (κ2) is 8.73. The molecule has 0 aliphatic carbocycles. The van der Waals surface area contributed by atoms with E-state index in [1.807, 2.05) is 24.5 Å². The molecular weight excluding hydrogens is 429 g/mol. The average molecular weight is 448 g/mol. The van der Waals surface area contributed by atoms with Gasteiger partial charge in [0.15, 0.2) is 4.34 Å². The van der Waals surface area contributed by atoms with Crippen molar-refractivity contribution in [3.8, 4) is 0 Å². The lowest BCUT2D eigenvalue weighted by Gasteiger charge is -2.28. The van der Waals surface area contributed by atoms with Crippen LogP contribution >= 0.6 is 34.9 Å². The van der Waals surface area contributed by atoms with Crippen molar-refractivity contribution in [2.75, 3.05) is 17.3 Å². The van der Waals surface area contributed by atoms with Crippen LogP contribution in [-0.4, -0.2) is 40.1 Å². The van der Waals surface area contributed by atoms with Gasteiger partial charge in [0.25, 0.3) is 0 Å². The number of rotatable bonds is 5. The van der Waals surface area contributed by atoms with Crippen molar-refractivity contribution >= 4 is 62.6 Å². The van der Waals surface area contributed by atoms with Crippen molar-refractivity contribution in [1.82, 2.24) is 10.3 Å². The first-order valence-corrected chi connectivity index (χ1v) is 12.0. The molecule has 2 atom stereocenters. The first-order chi connectivity index (χ1) is 14.0. The van der Waals surface area contributed by atoms with Crippen molar-refractivity contribution in [3.63, 3.8) is 0 Å². The Balaban J connectivity index is 1.38. The van der Waals surface area contributed by atoms with E-state index in [4.69, 9.17) is 0 Å². The molecule has 2 aromatic carbocycles. The molecule has 5 nitrogen and oxygen atoms in total. The van der Waals surface area contributed by atoms with Gasteiger partial charge in [-0.1, -0.05) is 30.0 Å². The van der Waals surface area contributed by atoms with Gasteiger partial charge in [0, 0.05) is 11.4 Å². The molecule has 4 rings (SSSR count). The molecule has 2 N–H and O–H groups in total. The second-order valence-electron chi connectivity index (χ2n) is 6.53. The quantitative estimate of drug-likeness (QED) is 0.580. The van der Waals surface area contributed by atoms with Gasteiger partial charge in [-0.3, -0.25) is 9.59 Å². The molecule has 150 valence electrons. The molecule has 9 heteroatoms. The van der Waals surface area contributed by atoms with Crippen LogP contribution in [-0.2, 0) is 16.0 Å². The van der Waals surface area contributed by atoms with Gasteiger partial charge in [0.2, 0.25) is 11.8 Å². The Kier molecular flexibility index (Phi) is 6.07. The predicted molar refractivity (Wildman–Crippen MR) is 118 cm³/mol. The molecule has 0 radical (unpaired) electrons. The molecule has 0 saturated carbocycles. The minimum absolute atomic E-state index is 0.243. The predicted octanol–water partition coefficient (Wildman–Crippen LogP) is 3.94. The van der Waals surface area contributed by atoms with Gasteiger partial charge in [-0.25, -0.2) is 9.37 Å². The van der Waals surface area contributed by atoms with Crippen LogP contribution in [0.25, 0.3) is 10.2 Å². The largest absolute Gasteiger partial charge is 0.343 e. The van der Waals surface area contributed by atoms with Crippen LogP contribution in [0.15, 0.2) is 46.8 Å². The summed E-state index contributed by atoms with van der Waals surface area (Å²) in [6.07, 6.45) is 2.28. The van der Waals surface area contributed by atoms with Crippen LogP contribution in [0.4, 0.5) is 10.1 Å². The lowest BCUT2D eigenvalue weighted by Crippen LogP contribution is -2.52. The normalized spacial score (nSPS) is 19.2. The van der Waals surface area contributed by atoms with Crippen LogP contribution in [0.3, 0.4) is 0 Å². The van der Waals surface area contributed by atoms with Gasteiger partial charge in [-0.05, 0) is 42.5 Å². The number of amides is 2. The van der Waals surface area contributed by atoms with Gasteiger partial charge < -0.3 is 10.6 Å². The first-order valence-electron chi connectivity index (χ1n) is 8.94. The zero-order valence-electron chi connectivity index (χ0n) is 15.5. The standard InChI is InChI=1S/C20H18FN3O2S3/c1-27-20-24-14-7-6-12(9-16(14)29-20)22-18(25)15-10-28-17(19(26)23-15)8-11-4-2-3-5-13(11)21/h2-7,9,15,17H,8,10H2,1H3,(H,22,25)(H,23,26). The third kappa shape index (κ3) is 4.57. The van der Waals surface area contributed by atoms with E-state index in [1.165, 1.54) is 17.8 Å². The van der Waals surface area contributed by atoms with Crippen molar-refractivity contribution < 1.29 is 14.0 Å². The third-order valence-electron chi connectivity index (χ3n) is 4.56. The number of anilines is 1. The van der Waals surface area contributed by atoms with Crippen LogP contribution in [0, 0.1) is 5.82 Å². The second-order valence-corrected chi connectivity index (χ2v) is 9.85. The summed E-state index contributed by atoms with van der Waals surface area (Å²) in [6, 6.07) is 11.4. The Hall–Kier alpha value is -2.10. The number of halogens is 1. The fraction of sp³-hybridized carbons (Fsp3) is 0.250. The molecule has 1 aliphatic heterocycles. The van der Waals surface area contributed by atoms with E-state index in [-0.39, 0.29) is 17.6 Å². The van der Waals surface area contributed by atoms with Crippen LogP contribution in [0.2, 0.25) is 0 Å². The molecule has 0 bridgehead atoms. The van der Waals surface area contributed by atoms with Gasteiger partial charge in [-0.15, -0.1) is 23.1 Å². The molecular formula is C20H18FN3O2S3. The fourth-order valence-corrected chi connectivity index (χ4v) is 5.75. The van der Waals surface area contributed by atoms with Gasteiger partial charge in [0.1, 0.15) is 11.9 Å². The smallest absolute Gasteiger partial charge is 0.247 e. The monoisotopic (exact) mass is 447 g/mol. The minimum atomic E-state index is -0.622. The molecule has 2 unspecified atom stereocenters. The Morgan fingerprint density at radius 1 is 1.34 bits per heavy atom. The Labute approximate surface area is 179 Å². The number of carbonyl (C=O) groups excluding carboxylic acids is 2. The van der Waals surface area contributed by atoms with Crippen molar-refractivity contribution in [2.45, 2.75) is 22.1 Å². The highest BCUT2D eigenvalue weighted by atomic mass is 32.2. The minimum Gasteiger partial charge on any atom is -0.343 e. The summed E-state index contributed by atoms with van der Waals surface area (Å²) in [5, 5.41) is 5.23. The molecule has 3 aromatic rings. The first kappa shape index (κ1) is 20.2. The molecule has 1 aliphatic rings. The summed E-state index contributed by atoms with van der Waals surface area (Å²) in [5.41, 5.74) is 2.08. The molecule has 2 heterocycles. The molecule has 2 amide bonds. The highest BCUT2D eigenvalue weighted by Crippen LogP contribution is 2.30. The Bertz CT molecular complexity index is 1070. The Morgan fingerprint density at radius 2 is 2.17 bits per heavy atom. The maximum atomic E-state index is 13.8. The number of nitrogens with zero attached hydrogens (tertiary/aromatic N) is 1. The zero-order chi connectivity index (χ0) is 20.4. The maximum Gasteiger partial charge on any atom is 0.247 e. The molecule has 0 spiro atoms. The van der Waals surface area contributed by atoms with E-state index in [2.05, 4.69) is 15.6 Å². The molecule has 29 heavy (non-hydrogen) atoms. The van der Waals surface area contributed by atoms with E-state index in [1.54, 1.807) is 41.3 Å². The summed E-state index contributed by atoms with van der Waals surface area (Å²) in [5.74, 6) is -0.379. The maximum absolute atomic E-state index is 13.8. The topological polar surface area (TPSA) is 71.1 Å². The van der Waals surface area contributed by atoms with E-state index in [9.17, 15) is 14.0 Å². The summed E-state index contributed by atoms with van der Waals surface area (Å²) in [4.78, 5) is 29.5. The molecule has 1 aromatic heterocycles. The highest BCUT2D eigenvalue weighted by Gasteiger charge is 2.32. The van der Waals surface area contributed by atoms with E-state index in [0.717, 1.165) is 14.6 Å². The highest BCUT2D eigenvalue weighted by molar-refractivity contribution is 8.00. The number of benzene rings is 2. The number of carbonyl (C=O) groups is 2. The van der Waals surface area contributed by atoms with Crippen LogP contribution in [0.5, 0.6) is 0 Å². The summed E-state index contributed by atoms with van der Waals surface area (Å²) in [6.45, 7) is 0. The number of hydrogen-bond donors (Lipinski definition) is 2. The number of aromatic nitrogens is 1. The van der Waals surface area contributed by atoms with Crippen molar-refractivity contribution in [2.24, 2.45) is 0 Å². The molecule has 1 fully saturated rings. The van der Waals surface area contributed by atoms with Crippen LogP contribution in [0.1, 0.15) is 5.56 Å². The van der Waals surface area contributed by atoms with Gasteiger partial charge >= 0.3 is 0 Å². The van der Waals surface area contributed by atoms with Gasteiger partial charge in [0.05, 0.1) is 15.5 Å². The number of nitrogens with one attached hydrogen (secondary N) is 2. The number of hydrogen-bond acceptors (Lipinski definition) is 6. The van der Waals surface area contributed by atoms with E-state index >= 15 is 0 Å². The van der Waals surface area contributed by atoms with E-state index < -0.39 is 11.3 Å². The zero-order valence-corrected chi connectivity index (χ0v) is 17.9. The average Bonchev–Trinajstić information content (AvgIpc) is 3.13. The van der Waals surface area contributed by atoms with Gasteiger partial charge in [-0.2, -0.15) is 0 Å². The Morgan fingerprint density at radius 3 is 2.93 bits per heavy atom. The van der Waals surface area contributed by atoms with Crippen molar-refractivity contribution in [1.29, 1.82) is 0 Å².